The fourth-order valence-electron chi connectivity index (χ4n) is 5.27. The fourth-order valence-corrected chi connectivity index (χ4v) is 5.27. The van der Waals surface area contributed by atoms with Gasteiger partial charge in [0, 0.05) is 42.1 Å². The van der Waals surface area contributed by atoms with Crippen LogP contribution in [0.2, 0.25) is 0 Å². The molecule has 1 amide bonds. The Morgan fingerprint density at radius 1 is 1.13 bits per heavy atom. The van der Waals surface area contributed by atoms with Crippen LogP contribution in [0, 0.1) is 0 Å². The Morgan fingerprint density at radius 3 is 2.68 bits per heavy atom. The molecule has 0 saturated carbocycles. The lowest BCUT2D eigenvalue weighted by Crippen LogP contribution is -2.39. The van der Waals surface area contributed by atoms with Crippen molar-refractivity contribution in [3.05, 3.63) is 107 Å². The minimum Gasteiger partial charge on any atom is -0.508 e. The molecule has 0 saturated heterocycles. The topological polar surface area (TPSA) is 59.6 Å². The average Bonchev–Trinajstić information content (AvgIpc) is 3.29. The predicted molar refractivity (Wildman–Crippen MR) is 151 cm³/mol. The second kappa shape index (κ2) is 11.2. The summed E-state index contributed by atoms with van der Waals surface area (Å²) in [6.07, 6.45) is 4.28. The summed E-state index contributed by atoms with van der Waals surface area (Å²) in [5, 5.41) is 10.8. The van der Waals surface area contributed by atoms with Crippen LogP contribution in [0.15, 0.2) is 78.9 Å². The number of aromatic amines is 1. The summed E-state index contributed by atoms with van der Waals surface area (Å²) in [7, 11) is 0. The number of carbonyl (C=O) groups excluding carboxylic acids is 1. The smallest absolute Gasteiger partial charge is 0.254 e. The molecular weight excluding hydrogens is 477 g/mol. The molecule has 0 aliphatic carbocycles. The Morgan fingerprint density at radius 2 is 1.89 bits per heavy atom. The number of nitrogens with zero attached hydrogens (tertiary/aromatic N) is 2. The van der Waals surface area contributed by atoms with Crippen molar-refractivity contribution in [3.8, 4) is 5.75 Å². The van der Waals surface area contributed by atoms with Crippen LogP contribution in [0.1, 0.15) is 59.3 Å². The number of alkyl halides is 1. The average molecular weight is 512 g/mol. The number of carbonyl (C=O) groups is 1. The van der Waals surface area contributed by atoms with E-state index in [-0.39, 0.29) is 17.7 Å². The number of nitrogens with one attached hydrogen (secondary N) is 1. The molecule has 38 heavy (non-hydrogen) atoms. The van der Waals surface area contributed by atoms with Gasteiger partial charge in [-0.05, 0) is 67.6 Å². The van der Waals surface area contributed by atoms with Gasteiger partial charge in [-0.25, -0.2) is 4.39 Å². The summed E-state index contributed by atoms with van der Waals surface area (Å²) >= 11 is 0. The number of amides is 1. The van der Waals surface area contributed by atoms with E-state index in [9.17, 15) is 9.90 Å². The number of hydrogen-bond acceptors (Lipinski definition) is 3. The lowest BCUT2D eigenvalue weighted by atomic mass is 10.00. The third-order valence-electron chi connectivity index (χ3n) is 7.28. The van der Waals surface area contributed by atoms with Crippen molar-refractivity contribution in [1.82, 2.24) is 14.8 Å². The van der Waals surface area contributed by atoms with Crippen LogP contribution in [0.4, 0.5) is 4.39 Å². The van der Waals surface area contributed by atoms with Gasteiger partial charge >= 0.3 is 0 Å². The summed E-state index contributed by atoms with van der Waals surface area (Å²) in [5.41, 5.74) is 4.85. The molecule has 2 N–H and O–H groups in total. The van der Waals surface area contributed by atoms with Crippen molar-refractivity contribution in [1.29, 1.82) is 0 Å². The largest absolute Gasteiger partial charge is 0.508 e. The van der Waals surface area contributed by atoms with Crippen LogP contribution in [-0.4, -0.2) is 44.9 Å². The highest BCUT2D eigenvalue weighted by Crippen LogP contribution is 2.37. The molecule has 1 aromatic heterocycles. The van der Waals surface area contributed by atoms with Crippen LogP contribution in [0.25, 0.3) is 17.0 Å². The van der Waals surface area contributed by atoms with Crippen molar-refractivity contribution in [2.45, 2.75) is 45.6 Å². The Labute approximate surface area is 223 Å². The van der Waals surface area contributed by atoms with Gasteiger partial charge in [0.15, 0.2) is 6.30 Å². The summed E-state index contributed by atoms with van der Waals surface area (Å²) in [6, 6.07) is 22.8. The molecule has 6 heteroatoms. The Hall–Kier alpha value is -3.90. The molecule has 1 aliphatic heterocycles. The molecule has 196 valence electrons. The Balaban J connectivity index is 1.31. The minimum atomic E-state index is -1.32. The molecule has 4 aromatic rings. The molecule has 1 atom stereocenters. The van der Waals surface area contributed by atoms with Crippen molar-refractivity contribution in [3.63, 3.8) is 0 Å². The molecular formula is C32H34FN3O2. The summed E-state index contributed by atoms with van der Waals surface area (Å²) < 4.78 is 15.8. The molecule has 5 rings (SSSR count). The van der Waals surface area contributed by atoms with Gasteiger partial charge in [-0.3, -0.25) is 9.69 Å². The number of fused-ring (bicyclic) bond motifs is 3. The van der Waals surface area contributed by atoms with Crippen LogP contribution in [-0.2, 0) is 13.0 Å². The van der Waals surface area contributed by atoms with Crippen molar-refractivity contribution < 1.29 is 14.3 Å². The minimum absolute atomic E-state index is 0.0297. The zero-order valence-corrected chi connectivity index (χ0v) is 21.9. The van der Waals surface area contributed by atoms with E-state index in [0.29, 0.717) is 37.3 Å². The van der Waals surface area contributed by atoms with Crippen molar-refractivity contribution in [2.24, 2.45) is 0 Å². The van der Waals surface area contributed by atoms with Crippen LogP contribution in [0.5, 0.6) is 5.75 Å². The van der Waals surface area contributed by atoms with Crippen LogP contribution >= 0.6 is 0 Å². The number of halogens is 1. The van der Waals surface area contributed by atoms with Gasteiger partial charge in [-0.2, -0.15) is 0 Å². The quantitative estimate of drug-likeness (QED) is 0.254. The second-order valence-corrected chi connectivity index (χ2v) is 10.2. The number of aromatic nitrogens is 1. The first kappa shape index (κ1) is 25.7. The molecule has 1 aliphatic rings. The third kappa shape index (κ3) is 5.36. The van der Waals surface area contributed by atoms with E-state index in [1.807, 2.05) is 61.2 Å². The summed E-state index contributed by atoms with van der Waals surface area (Å²) in [6.45, 7) is 5.52. The first-order valence-corrected chi connectivity index (χ1v) is 13.2. The monoisotopic (exact) mass is 511 g/mol. The van der Waals surface area contributed by atoms with E-state index in [1.165, 1.54) is 0 Å². The molecule has 5 nitrogen and oxygen atoms in total. The summed E-state index contributed by atoms with van der Waals surface area (Å²) in [5.74, 6) is 0.146. The van der Waals surface area contributed by atoms with E-state index in [4.69, 9.17) is 0 Å². The Bertz CT molecular complexity index is 1440. The Kier molecular flexibility index (Phi) is 7.61. The van der Waals surface area contributed by atoms with Gasteiger partial charge in [0.05, 0.1) is 5.69 Å². The molecule has 0 bridgehead atoms. The van der Waals surface area contributed by atoms with Gasteiger partial charge < -0.3 is 15.0 Å². The maximum Gasteiger partial charge on any atom is 0.254 e. The van der Waals surface area contributed by atoms with Gasteiger partial charge in [-0.15, -0.1) is 0 Å². The number of phenolic OH excluding ortho intramolecular Hbond substituents is 1. The van der Waals surface area contributed by atoms with Crippen LogP contribution in [0.3, 0.4) is 0 Å². The first-order chi connectivity index (χ1) is 18.4. The fraction of sp³-hybridized carbons (Fsp3) is 0.281. The normalized spacial score (nSPS) is 15.8. The number of benzene rings is 3. The lowest BCUT2D eigenvalue weighted by Gasteiger charge is -2.32. The highest BCUT2D eigenvalue weighted by atomic mass is 19.1. The van der Waals surface area contributed by atoms with Gasteiger partial charge in [-0.1, -0.05) is 60.7 Å². The van der Waals surface area contributed by atoms with Gasteiger partial charge in [0.2, 0.25) is 0 Å². The van der Waals surface area contributed by atoms with Gasteiger partial charge in [0.25, 0.3) is 5.91 Å². The molecule has 3 aromatic carbocycles. The number of phenols is 1. The van der Waals surface area contributed by atoms with Crippen LogP contribution < -0.4 is 0 Å². The van der Waals surface area contributed by atoms with E-state index in [2.05, 4.69) is 29.3 Å². The van der Waals surface area contributed by atoms with E-state index in [0.717, 1.165) is 34.0 Å². The van der Waals surface area contributed by atoms with E-state index in [1.54, 1.807) is 23.1 Å². The first-order valence-electron chi connectivity index (χ1n) is 13.2. The molecule has 0 spiro atoms. The number of rotatable bonds is 8. The highest BCUT2D eigenvalue weighted by Gasteiger charge is 2.31. The van der Waals surface area contributed by atoms with Crippen molar-refractivity contribution in [2.75, 3.05) is 13.1 Å². The van der Waals surface area contributed by atoms with Gasteiger partial charge in [0.1, 0.15) is 5.75 Å². The maximum absolute atomic E-state index is 15.8. The zero-order valence-electron chi connectivity index (χ0n) is 21.9. The number of hydrogen-bond donors (Lipinski definition) is 2. The second-order valence-electron chi connectivity index (χ2n) is 10.2. The third-order valence-corrected chi connectivity index (χ3v) is 7.28. The maximum atomic E-state index is 15.8. The SMILES string of the molecule is CC(C)N(CC/C=C/c1ccccc1)C(=O)c1ccccc1CN1CCc2c([nH]c3ccc(O)cc23)C1F. The highest BCUT2D eigenvalue weighted by molar-refractivity contribution is 5.96. The number of H-pyrrole nitrogens is 1. The zero-order chi connectivity index (χ0) is 26.6. The molecule has 1 unspecified atom stereocenters. The standard InChI is InChI=1S/C32H34FN3O2/c1-22(2)36(18-9-8-12-23-10-4-3-5-11-23)32(38)26-14-7-6-13-24(26)21-35-19-17-27-28-20-25(37)15-16-29(28)34-30(27)31(35)33/h3-8,10-16,20,22,31,34,37H,9,17-19,21H2,1-2H3/b12-8+. The molecule has 0 fully saturated rings. The van der Waals surface area contributed by atoms with E-state index < -0.39 is 6.30 Å². The summed E-state index contributed by atoms with van der Waals surface area (Å²) in [4.78, 5) is 20.6. The lowest BCUT2D eigenvalue weighted by molar-refractivity contribution is 0.0597. The van der Waals surface area contributed by atoms with Crippen molar-refractivity contribution >= 4 is 22.9 Å². The van der Waals surface area contributed by atoms with E-state index >= 15 is 4.39 Å². The molecule has 0 radical (unpaired) electrons. The number of aromatic hydroxyl groups is 1. The predicted octanol–water partition coefficient (Wildman–Crippen LogP) is 6.85. The molecule has 2 heterocycles.